The smallest absolute Gasteiger partial charge is 0.226 e. The number of aromatic nitrogens is 1. The topological polar surface area (TPSA) is 71.7 Å². The first-order valence-electron chi connectivity index (χ1n) is 10.3. The molecule has 3 aromatic rings. The zero-order chi connectivity index (χ0) is 21.0. The number of aryl methyl sites for hydroxylation is 1. The SMILES string of the molecule is CN=C(NCCCOCCc1ccccc1)NCc1coc(-c2ccc(C)cc2)n1.I. The van der Waals surface area contributed by atoms with Crippen molar-refractivity contribution in [1.29, 1.82) is 0 Å². The quantitative estimate of drug-likeness (QED) is 0.173. The molecule has 0 radical (unpaired) electrons. The van der Waals surface area contributed by atoms with Crippen molar-refractivity contribution in [3.63, 3.8) is 0 Å². The number of benzene rings is 2. The first kappa shape index (κ1) is 24.9. The predicted octanol–water partition coefficient (Wildman–Crippen LogP) is 4.58. The lowest BCUT2D eigenvalue weighted by atomic mass is 10.1. The van der Waals surface area contributed by atoms with Crippen LogP contribution in [-0.4, -0.2) is 37.7 Å². The Morgan fingerprint density at radius 1 is 1.03 bits per heavy atom. The van der Waals surface area contributed by atoms with Gasteiger partial charge in [-0.15, -0.1) is 24.0 Å². The fourth-order valence-corrected chi connectivity index (χ4v) is 2.93. The molecule has 166 valence electrons. The lowest BCUT2D eigenvalue weighted by Crippen LogP contribution is -2.37. The summed E-state index contributed by atoms with van der Waals surface area (Å²) in [6, 6.07) is 18.5. The fourth-order valence-electron chi connectivity index (χ4n) is 2.93. The summed E-state index contributed by atoms with van der Waals surface area (Å²) < 4.78 is 11.3. The standard InChI is InChI=1S/C24H30N4O2.HI/c1-19-9-11-21(12-10-19)23-28-22(18-30-23)17-27-24(25-2)26-14-6-15-29-16-13-20-7-4-3-5-8-20;/h3-5,7-12,18H,6,13-17H2,1-2H3,(H2,25,26,27);1H. The largest absolute Gasteiger partial charge is 0.444 e. The Labute approximate surface area is 201 Å². The zero-order valence-corrected chi connectivity index (χ0v) is 20.5. The van der Waals surface area contributed by atoms with Gasteiger partial charge in [0.2, 0.25) is 5.89 Å². The van der Waals surface area contributed by atoms with Crippen molar-refractivity contribution in [2.24, 2.45) is 4.99 Å². The zero-order valence-electron chi connectivity index (χ0n) is 18.1. The molecule has 7 heteroatoms. The molecule has 1 heterocycles. The molecule has 0 fully saturated rings. The molecule has 0 saturated carbocycles. The van der Waals surface area contributed by atoms with E-state index in [2.05, 4.69) is 63.9 Å². The van der Waals surface area contributed by atoms with Crippen molar-refractivity contribution in [2.75, 3.05) is 26.8 Å². The molecule has 1 aromatic heterocycles. The minimum absolute atomic E-state index is 0. The van der Waals surface area contributed by atoms with Gasteiger partial charge >= 0.3 is 0 Å². The Bertz CT molecular complexity index is 911. The van der Waals surface area contributed by atoms with Crippen LogP contribution in [-0.2, 0) is 17.7 Å². The Hall–Kier alpha value is -2.39. The number of guanidine groups is 1. The number of halogens is 1. The van der Waals surface area contributed by atoms with Crippen LogP contribution in [0.25, 0.3) is 11.5 Å². The highest BCUT2D eigenvalue weighted by Gasteiger charge is 2.07. The first-order valence-corrected chi connectivity index (χ1v) is 10.3. The number of nitrogens with zero attached hydrogens (tertiary/aromatic N) is 2. The van der Waals surface area contributed by atoms with Crippen LogP contribution >= 0.6 is 24.0 Å². The number of ether oxygens (including phenoxy) is 1. The highest BCUT2D eigenvalue weighted by atomic mass is 127. The van der Waals surface area contributed by atoms with Crippen molar-refractivity contribution in [3.05, 3.63) is 77.7 Å². The van der Waals surface area contributed by atoms with E-state index in [0.717, 1.165) is 49.8 Å². The summed E-state index contributed by atoms with van der Waals surface area (Å²) in [5.41, 5.74) is 4.32. The van der Waals surface area contributed by atoms with Crippen LogP contribution in [0.5, 0.6) is 0 Å². The normalized spacial score (nSPS) is 11.1. The average molecular weight is 534 g/mol. The van der Waals surface area contributed by atoms with Crippen molar-refractivity contribution >= 4 is 29.9 Å². The van der Waals surface area contributed by atoms with E-state index in [4.69, 9.17) is 9.15 Å². The number of nitrogens with one attached hydrogen (secondary N) is 2. The Morgan fingerprint density at radius 3 is 2.55 bits per heavy atom. The van der Waals surface area contributed by atoms with Gasteiger partial charge in [-0.1, -0.05) is 48.0 Å². The van der Waals surface area contributed by atoms with Gasteiger partial charge in [-0.3, -0.25) is 4.99 Å². The molecule has 0 bridgehead atoms. The summed E-state index contributed by atoms with van der Waals surface area (Å²) in [6.45, 7) is 4.86. The fraction of sp³-hybridized carbons (Fsp3) is 0.333. The molecule has 3 rings (SSSR count). The summed E-state index contributed by atoms with van der Waals surface area (Å²) in [6.07, 6.45) is 3.53. The molecule has 2 N–H and O–H groups in total. The van der Waals surface area contributed by atoms with Gasteiger partial charge in [0.15, 0.2) is 5.96 Å². The summed E-state index contributed by atoms with van der Waals surface area (Å²) in [5, 5.41) is 6.55. The molecule has 31 heavy (non-hydrogen) atoms. The number of hydrogen-bond acceptors (Lipinski definition) is 4. The van der Waals surface area contributed by atoms with Crippen LogP contribution in [0, 0.1) is 6.92 Å². The van der Waals surface area contributed by atoms with E-state index in [0.29, 0.717) is 12.4 Å². The van der Waals surface area contributed by atoms with Crippen molar-refractivity contribution in [1.82, 2.24) is 15.6 Å². The second-order valence-corrected chi connectivity index (χ2v) is 7.06. The Balaban J connectivity index is 0.00000341. The van der Waals surface area contributed by atoms with E-state index in [1.807, 2.05) is 18.2 Å². The lowest BCUT2D eigenvalue weighted by Gasteiger charge is -2.11. The molecule has 0 amide bonds. The molecule has 6 nitrogen and oxygen atoms in total. The predicted molar refractivity (Wildman–Crippen MR) is 136 cm³/mol. The molecule has 0 aliphatic rings. The van der Waals surface area contributed by atoms with E-state index >= 15 is 0 Å². The maximum absolute atomic E-state index is 5.71. The number of rotatable bonds is 10. The molecule has 0 aliphatic heterocycles. The van der Waals surface area contributed by atoms with Crippen LogP contribution in [0.3, 0.4) is 0 Å². The van der Waals surface area contributed by atoms with Crippen LogP contribution in [0.15, 0.2) is 70.3 Å². The maximum Gasteiger partial charge on any atom is 0.226 e. The first-order chi connectivity index (χ1) is 14.7. The van der Waals surface area contributed by atoms with Crippen molar-refractivity contribution in [3.8, 4) is 11.5 Å². The molecular weight excluding hydrogens is 503 g/mol. The number of hydrogen-bond donors (Lipinski definition) is 2. The second-order valence-electron chi connectivity index (χ2n) is 7.06. The van der Waals surface area contributed by atoms with Crippen LogP contribution < -0.4 is 10.6 Å². The summed E-state index contributed by atoms with van der Waals surface area (Å²) >= 11 is 0. The second kappa shape index (κ2) is 13.8. The molecule has 0 atom stereocenters. The van der Waals surface area contributed by atoms with Gasteiger partial charge in [0, 0.05) is 25.8 Å². The highest BCUT2D eigenvalue weighted by Crippen LogP contribution is 2.18. The minimum Gasteiger partial charge on any atom is -0.444 e. The monoisotopic (exact) mass is 534 g/mol. The van der Waals surface area contributed by atoms with Crippen LogP contribution in [0.2, 0.25) is 0 Å². The molecular formula is C24H31IN4O2. The third-order valence-corrected chi connectivity index (χ3v) is 4.65. The van der Waals surface area contributed by atoms with Crippen LogP contribution in [0.1, 0.15) is 23.2 Å². The van der Waals surface area contributed by atoms with Gasteiger partial charge in [-0.2, -0.15) is 0 Å². The Kier molecular flexibility index (Phi) is 11.1. The lowest BCUT2D eigenvalue weighted by molar-refractivity contribution is 0.135. The molecule has 2 aromatic carbocycles. The number of oxazole rings is 1. The maximum atomic E-state index is 5.71. The highest BCUT2D eigenvalue weighted by molar-refractivity contribution is 14.0. The van der Waals surface area contributed by atoms with E-state index < -0.39 is 0 Å². The Morgan fingerprint density at radius 2 is 1.81 bits per heavy atom. The molecule has 0 spiro atoms. The van der Waals surface area contributed by atoms with Gasteiger partial charge in [0.25, 0.3) is 0 Å². The van der Waals surface area contributed by atoms with E-state index in [-0.39, 0.29) is 24.0 Å². The van der Waals surface area contributed by atoms with Crippen LogP contribution in [0.4, 0.5) is 0 Å². The third-order valence-electron chi connectivity index (χ3n) is 4.65. The number of aliphatic imine (C=N–C) groups is 1. The van der Waals surface area contributed by atoms with Gasteiger partial charge in [0.05, 0.1) is 18.8 Å². The summed E-state index contributed by atoms with van der Waals surface area (Å²) in [7, 11) is 1.76. The van der Waals surface area contributed by atoms with E-state index in [1.54, 1.807) is 13.3 Å². The molecule has 0 unspecified atom stereocenters. The minimum atomic E-state index is 0. The van der Waals surface area contributed by atoms with Gasteiger partial charge < -0.3 is 19.8 Å². The van der Waals surface area contributed by atoms with E-state index in [1.165, 1.54) is 11.1 Å². The third kappa shape index (κ3) is 8.70. The van der Waals surface area contributed by atoms with Gasteiger partial charge in [-0.05, 0) is 37.5 Å². The summed E-state index contributed by atoms with van der Waals surface area (Å²) in [5.74, 6) is 1.36. The van der Waals surface area contributed by atoms with E-state index in [9.17, 15) is 0 Å². The summed E-state index contributed by atoms with van der Waals surface area (Å²) in [4.78, 5) is 8.79. The van der Waals surface area contributed by atoms with Crippen molar-refractivity contribution < 1.29 is 9.15 Å². The molecule has 0 aliphatic carbocycles. The molecule has 0 saturated heterocycles. The average Bonchev–Trinajstić information content (AvgIpc) is 3.25. The van der Waals surface area contributed by atoms with Gasteiger partial charge in [-0.25, -0.2) is 4.98 Å². The van der Waals surface area contributed by atoms with Gasteiger partial charge in [0.1, 0.15) is 6.26 Å². The van der Waals surface area contributed by atoms with Crippen molar-refractivity contribution in [2.45, 2.75) is 26.3 Å².